The molecule has 0 atom stereocenters. The molecule has 1 aliphatic carbocycles. The molecule has 13 heavy (non-hydrogen) atoms. The van der Waals surface area contributed by atoms with Gasteiger partial charge in [-0.15, -0.1) is 11.8 Å². The summed E-state index contributed by atoms with van der Waals surface area (Å²) in [6.45, 7) is 7.49. The summed E-state index contributed by atoms with van der Waals surface area (Å²) in [6.07, 6.45) is 2.89. The average molecular weight is 201 g/mol. The fraction of sp³-hybridized carbons (Fsp3) is 1.00. The number of nitrogens with one attached hydrogen (secondary N) is 1. The van der Waals surface area contributed by atoms with Crippen molar-refractivity contribution in [2.24, 2.45) is 0 Å². The highest BCUT2D eigenvalue weighted by Gasteiger charge is 2.52. The minimum Gasteiger partial charge on any atom is -0.378 e. The van der Waals surface area contributed by atoms with Crippen molar-refractivity contribution in [1.29, 1.82) is 0 Å². The molecule has 76 valence electrons. The molecule has 1 N–H and O–H groups in total. The lowest BCUT2D eigenvalue weighted by Crippen LogP contribution is -2.57. The number of thioether (sulfide) groups is 1. The zero-order chi connectivity index (χ0) is 9.53. The van der Waals surface area contributed by atoms with Crippen molar-refractivity contribution < 1.29 is 4.74 Å². The van der Waals surface area contributed by atoms with Crippen LogP contribution >= 0.6 is 11.8 Å². The van der Waals surface area contributed by atoms with Gasteiger partial charge in [0.15, 0.2) is 0 Å². The molecule has 2 aliphatic rings. The van der Waals surface area contributed by atoms with Crippen LogP contribution in [0, 0.1) is 0 Å². The number of rotatable bonds is 2. The second-order valence-corrected chi connectivity index (χ2v) is 6.14. The molecule has 1 aliphatic heterocycles. The standard InChI is InChI=1S/C10H19NOS/c1-4-12-8-5-10(6-8)11-9(2,3)7-13-10/h8,11H,4-7H2,1-3H3. The third-order valence-electron chi connectivity index (χ3n) is 2.79. The molecule has 1 saturated carbocycles. The fourth-order valence-corrected chi connectivity index (χ4v) is 3.92. The highest BCUT2D eigenvalue weighted by molar-refractivity contribution is 8.01. The molecular formula is C10H19NOS. The molecule has 2 nitrogen and oxygen atoms in total. The summed E-state index contributed by atoms with van der Waals surface area (Å²) < 4.78 is 5.58. The molecule has 0 radical (unpaired) electrons. The van der Waals surface area contributed by atoms with Gasteiger partial charge in [0.05, 0.1) is 11.0 Å². The van der Waals surface area contributed by atoms with Crippen molar-refractivity contribution in [1.82, 2.24) is 5.32 Å². The molecule has 0 aromatic rings. The van der Waals surface area contributed by atoms with Gasteiger partial charge in [-0.1, -0.05) is 0 Å². The van der Waals surface area contributed by atoms with Crippen LogP contribution in [0.5, 0.6) is 0 Å². The molecule has 0 amide bonds. The van der Waals surface area contributed by atoms with Gasteiger partial charge in [-0.3, -0.25) is 5.32 Å². The summed E-state index contributed by atoms with van der Waals surface area (Å²) in [5, 5.41) is 3.71. The van der Waals surface area contributed by atoms with Gasteiger partial charge in [-0.05, 0) is 20.8 Å². The van der Waals surface area contributed by atoms with Crippen LogP contribution in [-0.4, -0.2) is 28.9 Å². The van der Waals surface area contributed by atoms with Crippen molar-refractivity contribution in [3.63, 3.8) is 0 Å². The van der Waals surface area contributed by atoms with Crippen LogP contribution < -0.4 is 5.32 Å². The minimum atomic E-state index is 0.321. The zero-order valence-electron chi connectivity index (χ0n) is 8.72. The van der Waals surface area contributed by atoms with Crippen LogP contribution in [0.4, 0.5) is 0 Å². The van der Waals surface area contributed by atoms with Gasteiger partial charge >= 0.3 is 0 Å². The van der Waals surface area contributed by atoms with Crippen molar-refractivity contribution in [3.8, 4) is 0 Å². The minimum absolute atomic E-state index is 0.321. The van der Waals surface area contributed by atoms with E-state index in [4.69, 9.17) is 4.74 Å². The van der Waals surface area contributed by atoms with E-state index in [1.54, 1.807) is 0 Å². The monoisotopic (exact) mass is 201 g/mol. The Bertz CT molecular complexity index is 199. The Morgan fingerprint density at radius 3 is 2.62 bits per heavy atom. The highest BCUT2D eigenvalue weighted by atomic mass is 32.2. The first-order chi connectivity index (χ1) is 6.05. The molecular weight excluding hydrogens is 182 g/mol. The molecule has 1 heterocycles. The average Bonchev–Trinajstić information content (AvgIpc) is 2.26. The Balaban J connectivity index is 1.84. The van der Waals surface area contributed by atoms with Crippen LogP contribution in [0.3, 0.4) is 0 Å². The second kappa shape index (κ2) is 3.14. The summed E-state index contributed by atoms with van der Waals surface area (Å²) in [4.78, 5) is 0.364. The largest absolute Gasteiger partial charge is 0.378 e. The molecule has 1 saturated heterocycles. The normalized spacial score (nSPS) is 42.2. The maximum Gasteiger partial charge on any atom is 0.0699 e. The smallest absolute Gasteiger partial charge is 0.0699 e. The Hall–Kier alpha value is 0.270. The van der Waals surface area contributed by atoms with E-state index in [0.29, 0.717) is 16.5 Å². The summed E-state index contributed by atoms with van der Waals surface area (Å²) in [5.74, 6) is 1.23. The molecule has 2 rings (SSSR count). The van der Waals surface area contributed by atoms with E-state index in [-0.39, 0.29) is 0 Å². The van der Waals surface area contributed by atoms with Gasteiger partial charge in [-0.25, -0.2) is 0 Å². The first kappa shape index (κ1) is 9.81. The molecule has 0 aromatic carbocycles. The maximum absolute atomic E-state index is 5.58. The van der Waals surface area contributed by atoms with Gasteiger partial charge < -0.3 is 4.74 Å². The summed E-state index contributed by atoms with van der Waals surface area (Å²) >= 11 is 2.08. The third-order valence-corrected chi connectivity index (χ3v) is 4.65. The van der Waals surface area contributed by atoms with Crippen molar-refractivity contribution in [2.75, 3.05) is 12.4 Å². The van der Waals surface area contributed by atoms with E-state index in [9.17, 15) is 0 Å². The van der Waals surface area contributed by atoms with Crippen LogP contribution in [0.25, 0.3) is 0 Å². The SMILES string of the molecule is CCOC1CC2(C1)NC(C)(C)CS2. The summed E-state index contributed by atoms with van der Waals surface area (Å²) in [5.41, 5.74) is 0.321. The van der Waals surface area contributed by atoms with E-state index in [1.807, 2.05) is 0 Å². The topological polar surface area (TPSA) is 21.3 Å². The molecule has 1 spiro atoms. The number of hydrogen-bond donors (Lipinski definition) is 1. The second-order valence-electron chi connectivity index (χ2n) is 4.78. The lowest BCUT2D eigenvalue weighted by Gasteiger charge is -2.45. The highest BCUT2D eigenvalue weighted by Crippen LogP contribution is 2.49. The Morgan fingerprint density at radius 2 is 2.15 bits per heavy atom. The van der Waals surface area contributed by atoms with E-state index < -0.39 is 0 Å². The number of hydrogen-bond acceptors (Lipinski definition) is 3. The lowest BCUT2D eigenvalue weighted by atomic mass is 9.86. The summed E-state index contributed by atoms with van der Waals surface area (Å²) in [7, 11) is 0. The van der Waals surface area contributed by atoms with Gasteiger partial charge in [0.25, 0.3) is 0 Å². The predicted molar refractivity (Wildman–Crippen MR) is 57.1 cm³/mol. The van der Waals surface area contributed by atoms with E-state index in [0.717, 1.165) is 6.61 Å². The molecule has 3 heteroatoms. The van der Waals surface area contributed by atoms with Crippen LogP contribution in [0.2, 0.25) is 0 Å². The predicted octanol–water partition coefficient (Wildman–Crippen LogP) is 2.00. The van der Waals surface area contributed by atoms with Gasteiger partial charge in [-0.2, -0.15) is 0 Å². The Morgan fingerprint density at radius 1 is 1.46 bits per heavy atom. The van der Waals surface area contributed by atoms with Crippen LogP contribution in [0.15, 0.2) is 0 Å². The molecule has 2 fully saturated rings. The first-order valence-electron chi connectivity index (χ1n) is 5.10. The molecule has 0 unspecified atom stereocenters. The van der Waals surface area contributed by atoms with Gasteiger partial charge in [0.2, 0.25) is 0 Å². The molecule has 0 aromatic heterocycles. The quantitative estimate of drug-likeness (QED) is 0.738. The zero-order valence-corrected chi connectivity index (χ0v) is 9.54. The third kappa shape index (κ3) is 1.88. The van der Waals surface area contributed by atoms with E-state index >= 15 is 0 Å². The van der Waals surface area contributed by atoms with Gasteiger partial charge in [0.1, 0.15) is 0 Å². The summed E-state index contributed by atoms with van der Waals surface area (Å²) in [6, 6.07) is 0. The van der Waals surface area contributed by atoms with Crippen LogP contribution in [-0.2, 0) is 4.74 Å². The lowest BCUT2D eigenvalue weighted by molar-refractivity contribution is -0.0225. The van der Waals surface area contributed by atoms with Crippen LogP contribution in [0.1, 0.15) is 33.6 Å². The van der Waals surface area contributed by atoms with Crippen molar-refractivity contribution in [2.45, 2.75) is 50.1 Å². The number of ether oxygens (including phenoxy) is 1. The van der Waals surface area contributed by atoms with E-state index in [1.165, 1.54) is 18.6 Å². The molecule has 0 bridgehead atoms. The van der Waals surface area contributed by atoms with Crippen molar-refractivity contribution in [3.05, 3.63) is 0 Å². The maximum atomic E-state index is 5.58. The van der Waals surface area contributed by atoms with Gasteiger partial charge in [0, 0.05) is 30.7 Å². The Kier molecular flexibility index (Phi) is 2.37. The van der Waals surface area contributed by atoms with Crippen molar-refractivity contribution >= 4 is 11.8 Å². The van der Waals surface area contributed by atoms with E-state index in [2.05, 4.69) is 37.8 Å². The fourth-order valence-electron chi connectivity index (χ4n) is 2.26. The Labute approximate surface area is 84.8 Å². The first-order valence-corrected chi connectivity index (χ1v) is 6.09.